The van der Waals surface area contributed by atoms with Crippen LogP contribution in [0.2, 0.25) is 0 Å². The zero-order valence-corrected chi connectivity index (χ0v) is 4.79. The van der Waals surface area contributed by atoms with Crippen LogP contribution in [-0.4, -0.2) is 0 Å². The molecule has 0 saturated carbocycles. The molecule has 0 aliphatic heterocycles. The van der Waals surface area contributed by atoms with Gasteiger partial charge in [0, 0.05) is 4.88 Å². The molecule has 0 saturated heterocycles. The molecule has 1 heteroatoms. The van der Waals surface area contributed by atoms with Crippen LogP contribution in [0.15, 0.2) is 11.4 Å². The van der Waals surface area contributed by atoms with Crippen LogP contribution in [0.1, 0.15) is 4.88 Å². The van der Waals surface area contributed by atoms with E-state index in [1.165, 1.54) is 4.88 Å². The van der Waals surface area contributed by atoms with Gasteiger partial charge in [-0.05, 0) is 30.9 Å². The fraction of sp³-hybridized carbons (Fsp3) is 0.167. The minimum absolute atomic E-state index is 0.873. The first kappa shape index (κ1) is 4.85. The van der Waals surface area contributed by atoms with Crippen LogP contribution in [0.5, 0.6) is 0 Å². The number of hydrogen-bond donors (Lipinski definition) is 0. The summed E-state index contributed by atoms with van der Waals surface area (Å²) in [4.78, 5) is 1.24. The molecular weight excluding hydrogens is 104 g/mol. The Morgan fingerprint density at radius 1 is 1.86 bits per heavy atom. The lowest BCUT2D eigenvalue weighted by Crippen LogP contribution is -1.64. The zero-order chi connectivity index (χ0) is 5.11. The standard InChI is InChI=1S/C6H6S/c1-2-6-4-3-5-7-6/h3,5H,1-2H2. The van der Waals surface area contributed by atoms with Gasteiger partial charge < -0.3 is 0 Å². The van der Waals surface area contributed by atoms with Crippen LogP contribution in [0.3, 0.4) is 0 Å². The Labute approximate surface area is 47.8 Å². The summed E-state index contributed by atoms with van der Waals surface area (Å²) in [6.07, 6.45) is 0.873. The molecule has 0 unspecified atom stereocenters. The molecule has 1 heterocycles. The van der Waals surface area contributed by atoms with Gasteiger partial charge in [-0.25, -0.2) is 0 Å². The van der Waals surface area contributed by atoms with E-state index in [2.05, 4.69) is 13.0 Å². The highest BCUT2D eigenvalue weighted by Crippen LogP contribution is 2.06. The Morgan fingerprint density at radius 3 is 3.00 bits per heavy atom. The lowest BCUT2D eigenvalue weighted by molar-refractivity contribution is 1.34. The Morgan fingerprint density at radius 2 is 2.71 bits per heavy atom. The maximum atomic E-state index is 3.71. The molecule has 0 bridgehead atoms. The molecule has 7 heavy (non-hydrogen) atoms. The van der Waals surface area contributed by atoms with Crippen molar-refractivity contribution in [1.29, 1.82) is 0 Å². The highest BCUT2D eigenvalue weighted by molar-refractivity contribution is 7.09. The van der Waals surface area contributed by atoms with Crippen molar-refractivity contribution in [2.45, 2.75) is 6.42 Å². The van der Waals surface area contributed by atoms with Crippen molar-refractivity contribution in [2.75, 3.05) is 0 Å². The summed E-state index contributed by atoms with van der Waals surface area (Å²) in [5, 5.41) is 2.01. The molecule has 0 atom stereocenters. The van der Waals surface area contributed by atoms with Crippen LogP contribution in [0, 0.1) is 13.0 Å². The summed E-state index contributed by atoms with van der Waals surface area (Å²) in [6.45, 7) is 3.71. The van der Waals surface area contributed by atoms with Gasteiger partial charge in [0.15, 0.2) is 0 Å². The minimum Gasteiger partial charge on any atom is -0.148 e. The fourth-order valence-corrected chi connectivity index (χ4v) is 0.963. The van der Waals surface area contributed by atoms with Gasteiger partial charge in [-0.15, -0.1) is 11.3 Å². The Kier molecular flexibility index (Phi) is 1.47. The van der Waals surface area contributed by atoms with Crippen molar-refractivity contribution >= 4 is 11.3 Å². The highest BCUT2D eigenvalue weighted by atomic mass is 32.1. The zero-order valence-electron chi connectivity index (χ0n) is 3.98. The van der Waals surface area contributed by atoms with Gasteiger partial charge in [0.05, 0.1) is 0 Å². The Hall–Kier alpha value is -0.300. The van der Waals surface area contributed by atoms with Crippen molar-refractivity contribution in [3.05, 3.63) is 29.3 Å². The van der Waals surface area contributed by atoms with Crippen LogP contribution in [-0.2, 0) is 6.42 Å². The molecule has 2 radical (unpaired) electrons. The van der Waals surface area contributed by atoms with E-state index >= 15 is 0 Å². The second-order valence-electron chi connectivity index (χ2n) is 1.24. The van der Waals surface area contributed by atoms with Crippen molar-refractivity contribution in [3.63, 3.8) is 0 Å². The lowest BCUT2D eigenvalue weighted by atomic mass is 10.4. The van der Waals surface area contributed by atoms with Crippen LogP contribution in [0.4, 0.5) is 0 Å². The molecule has 0 aliphatic rings. The average molecular weight is 110 g/mol. The summed E-state index contributed by atoms with van der Waals surface area (Å²) >= 11 is 1.70. The third kappa shape index (κ3) is 1.03. The maximum absolute atomic E-state index is 3.71. The molecule has 1 aromatic rings. The summed E-state index contributed by atoms with van der Waals surface area (Å²) in [6, 6.07) is 4.96. The molecule has 0 aliphatic carbocycles. The van der Waals surface area contributed by atoms with Gasteiger partial charge in [0.1, 0.15) is 0 Å². The normalized spacial score (nSPS) is 9.29. The molecule has 0 amide bonds. The van der Waals surface area contributed by atoms with E-state index in [-0.39, 0.29) is 0 Å². The van der Waals surface area contributed by atoms with Gasteiger partial charge in [0.2, 0.25) is 0 Å². The summed E-state index contributed by atoms with van der Waals surface area (Å²) in [7, 11) is 0. The van der Waals surface area contributed by atoms with E-state index in [0.717, 1.165) is 6.42 Å². The SMILES string of the molecule is [CH2]Cc1[c]ccs1. The predicted molar refractivity (Wildman–Crippen MR) is 32.2 cm³/mol. The van der Waals surface area contributed by atoms with E-state index < -0.39 is 0 Å². The third-order valence-electron chi connectivity index (χ3n) is 0.750. The lowest BCUT2D eigenvalue weighted by Gasteiger charge is -1.77. The molecular formula is C6H6S. The second kappa shape index (κ2) is 2.12. The molecule has 0 aromatic carbocycles. The van der Waals surface area contributed by atoms with Crippen LogP contribution < -0.4 is 0 Å². The first-order valence-electron chi connectivity index (χ1n) is 2.17. The largest absolute Gasteiger partial charge is 0.148 e. The van der Waals surface area contributed by atoms with E-state index in [4.69, 9.17) is 0 Å². The molecule has 1 aromatic heterocycles. The average Bonchev–Trinajstić information content (AvgIpc) is 2.14. The highest BCUT2D eigenvalue weighted by Gasteiger charge is 1.83. The topological polar surface area (TPSA) is 0 Å². The summed E-state index contributed by atoms with van der Waals surface area (Å²) in [5.74, 6) is 0. The minimum atomic E-state index is 0.873. The van der Waals surface area contributed by atoms with Crippen LogP contribution >= 0.6 is 11.3 Å². The smallest absolute Gasteiger partial charge is 0.0124 e. The molecule has 0 nitrogen and oxygen atoms in total. The van der Waals surface area contributed by atoms with Gasteiger partial charge in [-0.3, -0.25) is 0 Å². The first-order valence-corrected chi connectivity index (χ1v) is 3.05. The van der Waals surface area contributed by atoms with Crippen molar-refractivity contribution in [3.8, 4) is 0 Å². The molecule has 0 fully saturated rings. The molecule has 36 valence electrons. The van der Waals surface area contributed by atoms with Crippen molar-refractivity contribution < 1.29 is 0 Å². The van der Waals surface area contributed by atoms with Crippen molar-refractivity contribution in [2.24, 2.45) is 0 Å². The summed E-state index contributed by atoms with van der Waals surface area (Å²) in [5.41, 5.74) is 0. The van der Waals surface area contributed by atoms with E-state index in [1.807, 2.05) is 11.4 Å². The van der Waals surface area contributed by atoms with Gasteiger partial charge in [-0.1, -0.05) is 0 Å². The third-order valence-corrected chi connectivity index (χ3v) is 1.63. The monoisotopic (exact) mass is 110 g/mol. The Balaban J connectivity index is 2.76. The van der Waals surface area contributed by atoms with Gasteiger partial charge in [-0.2, -0.15) is 0 Å². The molecule has 0 N–H and O–H groups in total. The Bertz CT molecular complexity index is 119. The predicted octanol–water partition coefficient (Wildman–Crippen LogP) is 1.92. The quantitative estimate of drug-likeness (QED) is 0.518. The van der Waals surface area contributed by atoms with E-state index in [1.54, 1.807) is 11.3 Å². The molecule has 0 spiro atoms. The van der Waals surface area contributed by atoms with Crippen LogP contribution in [0.25, 0.3) is 0 Å². The van der Waals surface area contributed by atoms with E-state index in [9.17, 15) is 0 Å². The fourth-order valence-electron chi connectivity index (χ4n) is 0.408. The van der Waals surface area contributed by atoms with Gasteiger partial charge in [0.25, 0.3) is 0 Å². The number of thiophene rings is 1. The first-order chi connectivity index (χ1) is 3.43. The second-order valence-corrected chi connectivity index (χ2v) is 2.24. The summed E-state index contributed by atoms with van der Waals surface area (Å²) < 4.78 is 0. The maximum Gasteiger partial charge on any atom is 0.0124 e. The van der Waals surface area contributed by atoms with E-state index in [0.29, 0.717) is 0 Å². The molecule has 1 rings (SSSR count). The number of hydrogen-bond acceptors (Lipinski definition) is 1. The van der Waals surface area contributed by atoms with Gasteiger partial charge >= 0.3 is 0 Å². The van der Waals surface area contributed by atoms with Crippen molar-refractivity contribution in [1.82, 2.24) is 0 Å². The number of rotatable bonds is 1.